The molecular formula is C12H20F3NO3. The van der Waals surface area contributed by atoms with E-state index in [0.29, 0.717) is 6.42 Å². The largest absolute Gasteiger partial charge is 0.468 e. The summed E-state index contributed by atoms with van der Waals surface area (Å²) in [6.45, 7) is 2.67. The van der Waals surface area contributed by atoms with Crippen LogP contribution in [0, 0.1) is 0 Å². The molecular weight excluding hydrogens is 263 g/mol. The highest BCUT2D eigenvalue weighted by atomic mass is 19.4. The van der Waals surface area contributed by atoms with Crippen molar-refractivity contribution in [1.82, 2.24) is 5.32 Å². The van der Waals surface area contributed by atoms with Crippen molar-refractivity contribution in [3.8, 4) is 0 Å². The predicted octanol–water partition coefficient (Wildman–Crippen LogP) is 2.03. The number of ether oxygens (including phenoxy) is 2. The molecule has 0 aromatic rings. The minimum absolute atomic E-state index is 0.166. The molecule has 7 heteroatoms. The highest BCUT2D eigenvalue weighted by molar-refractivity contribution is 5.81. The molecule has 0 aromatic heterocycles. The average Bonchev–Trinajstić information content (AvgIpc) is 2.35. The number of alkyl halides is 3. The lowest BCUT2D eigenvalue weighted by Gasteiger charge is -2.44. The van der Waals surface area contributed by atoms with Crippen LogP contribution in [0.25, 0.3) is 0 Å². The smallest absolute Gasteiger partial charge is 0.401 e. The van der Waals surface area contributed by atoms with E-state index in [4.69, 9.17) is 4.74 Å². The van der Waals surface area contributed by atoms with Crippen LogP contribution >= 0.6 is 0 Å². The van der Waals surface area contributed by atoms with Crippen LogP contribution in [-0.2, 0) is 14.3 Å². The molecule has 0 radical (unpaired) electrons. The third-order valence-electron chi connectivity index (χ3n) is 3.61. The zero-order valence-corrected chi connectivity index (χ0v) is 11.4. The summed E-state index contributed by atoms with van der Waals surface area (Å²) in [5.74, 6) is -0.667. The molecule has 2 unspecified atom stereocenters. The Kier molecular flexibility index (Phi) is 4.84. The first-order valence-corrected chi connectivity index (χ1v) is 6.20. The fraction of sp³-hybridized carbons (Fsp3) is 0.917. The molecule has 0 aliphatic carbocycles. The Morgan fingerprint density at radius 2 is 2.11 bits per heavy atom. The van der Waals surface area contributed by atoms with Gasteiger partial charge in [-0.2, -0.15) is 13.2 Å². The fourth-order valence-electron chi connectivity index (χ4n) is 2.34. The molecule has 0 spiro atoms. The summed E-state index contributed by atoms with van der Waals surface area (Å²) in [6.07, 6.45) is -3.42. The quantitative estimate of drug-likeness (QED) is 0.802. The van der Waals surface area contributed by atoms with E-state index in [9.17, 15) is 18.0 Å². The second kappa shape index (κ2) is 5.66. The zero-order chi connectivity index (χ0) is 14.7. The maximum Gasteiger partial charge on any atom is 0.401 e. The standard InChI is InChI=1S/C12H20F3NO3/c1-4-10(2)7-11(5-6-19-10,9(17)18-3)16-8-12(13,14)15/h16H,4-8H2,1-3H3. The number of methoxy groups -OCH3 is 1. The molecule has 1 saturated heterocycles. The second-order valence-corrected chi connectivity index (χ2v) is 5.12. The molecule has 1 aliphatic rings. The number of esters is 1. The van der Waals surface area contributed by atoms with Gasteiger partial charge in [-0.1, -0.05) is 6.92 Å². The van der Waals surface area contributed by atoms with Crippen LogP contribution in [0.4, 0.5) is 13.2 Å². The maximum absolute atomic E-state index is 12.4. The molecule has 1 rings (SSSR count). The third kappa shape index (κ3) is 4.07. The van der Waals surface area contributed by atoms with E-state index in [1.807, 2.05) is 6.92 Å². The Labute approximate surface area is 110 Å². The third-order valence-corrected chi connectivity index (χ3v) is 3.61. The SMILES string of the molecule is CCC1(C)CC(NCC(F)(F)F)(C(=O)OC)CCO1. The van der Waals surface area contributed by atoms with E-state index < -0.39 is 29.8 Å². The average molecular weight is 283 g/mol. The van der Waals surface area contributed by atoms with Crippen molar-refractivity contribution in [2.24, 2.45) is 0 Å². The lowest BCUT2D eigenvalue weighted by atomic mass is 9.79. The van der Waals surface area contributed by atoms with Crippen molar-refractivity contribution in [3.63, 3.8) is 0 Å². The van der Waals surface area contributed by atoms with Crippen molar-refractivity contribution in [2.45, 2.75) is 50.4 Å². The molecule has 1 N–H and O–H groups in total. The van der Waals surface area contributed by atoms with Crippen molar-refractivity contribution in [2.75, 3.05) is 20.3 Å². The number of rotatable bonds is 4. The van der Waals surface area contributed by atoms with Crippen LogP contribution in [-0.4, -0.2) is 43.5 Å². The first-order chi connectivity index (χ1) is 8.66. The molecule has 112 valence electrons. The van der Waals surface area contributed by atoms with Crippen molar-refractivity contribution >= 4 is 5.97 Å². The zero-order valence-electron chi connectivity index (χ0n) is 11.4. The van der Waals surface area contributed by atoms with Crippen molar-refractivity contribution in [1.29, 1.82) is 0 Å². The van der Waals surface area contributed by atoms with E-state index in [2.05, 4.69) is 10.1 Å². The van der Waals surface area contributed by atoms with Crippen molar-refractivity contribution in [3.05, 3.63) is 0 Å². The van der Waals surface area contributed by atoms with Gasteiger partial charge in [0.2, 0.25) is 0 Å². The lowest BCUT2D eigenvalue weighted by Crippen LogP contribution is -2.62. The van der Waals surface area contributed by atoms with Gasteiger partial charge in [0.15, 0.2) is 0 Å². The topological polar surface area (TPSA) is 47.6 Å². The monoisotopic (exact) mass is 283 g/mol. The normalized spacial score (nSPS) is 32.1. The Morgan fingerprint density at radius 3 is 2.58 bits per heavy atom. The van der Waals surface area contributed by atoms with Gasteiger partial charge in [0, 0.05) is 13.0 Å². The first kappa shape index (κ1) is 16.2. The van der Waals surface area contributed by atoms with Gasteiger partial charge in [0.1, 0.15) is 5.54 Å². The molecule has 0 saturated carbocycles. The molecule has 2 atom stereocenters. The number of carbonyl (C=O) groups excluding carboxylic acids is 1. The Balaban J connectivity index is 2.90. The highest BCUT2D eigenvalue weighted by Gasteiger charge is 2.49. The van der Waals surface area contributed by atoms with E-state index in [1.165, 1.54) is 7.11 Å². The molecule has 4 nitrogen and oxygen atoms in total. The van der Waals surface area contributed by atoms with E-state index in [-0.39, 0.29) is 19.4 Å². The summed E-state index contributed by atoms with van der Waals surface area (Å²) in [7, 11) is 1.18. The van der Waals surface area contributed by atoms with Gasteiger partial charge in [-0.3, -0.25) is 10.1 Å². The van der Waals surface area contributed by atoms with Gasteiger partial charge in [-0.05, 0) is 19.8 Å². The van der Waals surface area contributed by atoms with Crippen LogP contribution in [0.2, 0.25) is 0 Å². The number of hydrogen-bond acceptors (Lipinski definition) is 4. The van der Waals surface area contributed by atoms with Gasteiger partial charge in [0.25, 0.3) is 0 Å². The van der Waals surface area contributed by atoms with Crippen LogP contribution in [0.3, 0.4) is 0 Å². The number of halogens is 3. The van der Waals surface area contributed by atoms with Gasteiger partial charge in [-0.15, -0.1) is 0 Å². The van der Waals surface area contributed by atoms with E-state index in [0.717, 1.165) is 0 Å². The Morgan fingerprint density at radius 1 is 1.47 bits per heavy atom. The Hall–Kier alpha value is -0.820. The summed E-state index contributed by atoms with van der Waals surface area (Å²) in [5, 5.41) is 2.34. The van der Waals surface area contributed by atoms with Crippen LogP contribution < -0.4 is 5.32 Å². The number of carbonyl (C=O) groups is 1. The minimum Gasteiger partial charge on any atom is -0.468 e. The number of nitrogens with one attached hydrogen (secondary N) is 1. The Bertz CT molecular complexity index is 335. The molecule has 1 heterocycles. The summed E-state index contributed by atoms with van der Waals surface area (Å²) in [5.41, 5.74) is -1.95. The second-order valence-electron chi connectivity index (χ2n) is 5.12. The van der Waals surface area contributed by atoms with Gasteiger partial charge in [0.05, 0.1) is 19.3 Å². The summed E-state index contributed by atoms with van der Waals surface area (Å²) in [4.78, 5) is 11.9. The van der Waals surface area contributed by atoms with Crippen LogP contribution in [0.5, 0.6) is 0 Å². The van der Waals surface area contributed by atoms with Crippen LogP contribution in [0.1, 0.15) is 33.1 Å². The molecule has 0 amide bonds. The first-order valence-electron chi connectivity index (χ1n) is 6.20. The fourth-order valence-corrected chi connectivity index (χ4v) is 2.34. The molecule has 1 aliphatic heterocycles. The highest BCUT2D eigenvalue weighted by Crippen LogP contribution is 2.35. The van der Waals surface area contributed by atoms with Crippen LogP contribution in [0.15, 0.2) is 0 Å². The predicted molar refractivity (Wildman–Crippen MR) is 62.7 cm³/mol. The lowest BCUT2D eigenvalue weighted by molar-refractivity contribution is -0.170. The molecule has 19 heavy (non-hydrogen) atoms. The van der Waals surface area contributed by atoms with Gasteiger partial charge in [-0.25, -0.2) is 0 Å². The molecule has 1 fully saturated rings. The summed E-state index contributed by atoms with van der Waals surface area (Å²) in [6, 6.07) is 0. The van der Waals surface area contributed by atoms with Gasteiger partial charge >= 0.3 is 12.1 Å². The summed E-state index contributed by atoms with van der Waals surface area (Å²) >= 11 is 0. The maximum atomic E-state index is 12.4. The van der Waals surface area contributed by atoms with Crippen molar-refractivity contribution < 1.29 is 27.4 Å². The van der Waals surface area contributed by atoms with E-state index >= 15 is 0 Å². The van der Waals surface area contributed by atoms with Gasteiger partial charge < -0.3 is 9.47 Å². The van der Waals surface area contributed by atoms with E-state index in [1.54, 1.807) is 6.92 Å². The summed E-state index contributed by atoms with van der Waals surface area (Å²) < 4.78 is 47.4. The molecule has 0 bridgehead atoms. The number of hydrogen-bond donors (Lipinski definition) is 1. The minimum atomic E-state index is -4.37. The molecule has 0 aromatic carbocycles.